The Bertz CT molecular complexity index is 1150. The van der Waals surface area contributed by atoms with Gasteiger partial charge in [-0.2, -0.15) is 0 Å². The zero-order chi connectivity index (χ0) is 22.8. The van der Waals surface area contributed by atoms with Crippen LogP contribution in [0.25, 0.3) is 0 Å². The van der Waals surface area contributed by atoms with Crippen LogP contribution in [-0.4, -0.2) is 12.9 Å². The molecular formula is C27H27ClO4. The van der Waals surface area contributed by atoms with E-state index in [4.69, 9.17) is 25.8 Å². The first kappa shape index (κ1) is 22.2. The molecule has 0 radical (unpaired) electrons. The number of halogens is 1. The zero-order valence-electron chi connectivity index (χ0n) is 18.8. The number of fused-ring (bicyclic) bond motifs is 1. The van der Waals surface area contributed by atoms with Crippen molar-refractivity contribution in [3.8, 4) is 17.2 Å². The number of hydrogen-bond acceptors (Lipinski definition) is 4. The van der Waals surface area contributed by atoms with Crippen LogP contribution in [0.1, 0.15) is 64.9 Å². The molecule has 0 N–H and O–H groups in total. The number of Topliss-reactive ketones (excluding diaryl/α,β-unsaturated/α-hetero) is 1. The molecule has 3 aromatic carbocycles. The number of carbonyl (C=O) groups excluding carboxylic acids is 1. The first-order chi connectivity index (χ1) is 15.4. The number of para-hydroxylation sites is 1. The van der Waals surface area contributed by atoms with Crippen LogP contribution in [0.15, 0.2) is 54.6 Å². The van der Waals surface area contributed by atoms with Gasteiger partial charge in [-0.25, -0.2) is 0 Å². The molecule has 5 heteroatoms. The number of methoxy groups -OCH3 is 1. The minimum absolute atomic E-state index is 0.0867. The Kier molecular flexibility index (Phi) is 6.43. The summed E-state index contributed by atoms with van der Waals surface area (Å²) in [5.74, 6) is 2.53. The summed E-state index contributed by atoms with van der Waals surface area (Å²) >= 11 is 6.33. The van der Waals surface area contributed by atoms with Gasteiger partial charge in [0.2, 0.25) is 0 Å². The summed E-state index contributed by atoms with van der Waals surface area (Å²) in [6.45, 7) is 6.53. The van der Waals surface area contributed by atoms with E-state index in [9.17, 15) is 4.79 Å². The quantitative estimate of drug-likeness (QED) is 0.403. The molecule has 3 aromatic rings. The molecule has 1 heterocycles. The van der Waals surface area contributed by atoms with Crippen molar-refractivity contribution in [3.05, 3.63) is 87.4 Å². The van der Waals surface area contributed by atoms with Crippen LogP contribution in [0.2, 0.25) is 5.02 Å². The van der Waals surface area contributed by atoms with Gasteiger partial charge in [0.05, 0.1) is 19.1 Å². The van der Waals surface area contributed by atoms with E-state index in [1.807, 2.05) is 61.5 Å². The molecule has 166 valence electrons. The van der Waals surface area contributed by atoms with Crippen molar-refractivity contribution in [2.45, 2.75) is 45.8 Å². The summed E-state index contributed by atoms with van der Waals surface area (Å²) < 4.78 is 17.9. The van der Waals surface area contributed by atoms with Gasteiger partial charge in [-0.1, -0.05) is 43.6 Å². The summed E-state index contributed by atoms with van der Waals surface area (Å²) in [5.41, 5.74) is 4.49. The Morgan fingerprint density at radius 3 is 2.62 bits per heavy atom. The van der Waals surface area contributed by atoms with Gasteiger partial charge in [-0.15, -0.1) is 0 Å². The number of rotatable bonds is 6. The largest absolute Gasteiger partial charge is 0.496 e. The van der Waals surface area contributed by atoms with Gasteiger partial charge in [0.15, 0.2) is 5.78 Å². The summed E-state index contributed by atoms with van der Waals surface area (Å²) in [6.07, 6.45) is -0.0385. The van der Waals surface area contributed by atoms with Gasteiger partial charge < -0.3 is 14.2 Å². The maximum Gasteiger partial charge on any atom is 0.170 e. The lowest BCUT2D eigenvalue weighted by atomic mass is 9.95. The highest BCUT2D eigenvalue weighted by atomic mass is 35.5. The van der Waals surface area contributed by atoms with Crippen LogP contribution in [0, 0.1) is 6.92 Å². The van der Waals surface area contributed by atoms with Gasteiger partial charge in [0, 0.05) is 10.6 Å². The van der Waals surface area contributed by atoms with E-state index in [0.29, 0.717) is 24.3 Å². The van der Waals surface area contributed by atoms with E-state index in [1.165, 1.54) is 0 Å². The maximum atomic E-state index is 12.6. The molecule has 0 saturated carbocycles. The lowest BCUT2D eigenvalue weighted by molar-refractivity contribution is 0.0850. The van der Waals surface area contributed by atoms with Gasteiger partial charge in [0.25, 0.3) is 0 Å². The van der Waals surface area contributed by atoms with E-state index in [-0.39, 0.29) is 17.8 Å². The average Bonchev–Trinajstić information content (AvgIpc) is 2.79. The molecule has 0 fully saturated rings. The normalized spacial score (nSPS) is 15.3. The van der Waals surface area contributed by atoms with Crippen molar-refractivity contribution < 1.29 is 19.0 Å². The van der Waals surface area contributed by atoms with Gasteiger partial charge in [-0.05, 0) is 65.9 Å². The van der Waals surface area contributed by atoms with E-state index in [0.717, 1.165) is 38.8 Å². The predicted octanol–water partition coefficient (Wildman–Crippen LogP) is 7.07. The molecule has 32 heavy (non-hydrogen) atoms. The number of hydrogen-bond donors (Lipinski definition) is 0. The summed E-state index contributed by atoms with van der Waals surface area (Å²) in [5, 5.41) is 0.736. The van der Waals surface area contributed by atoms with Crippen LogP contribution >= 0.6 is 11.6 Å². The SMILES string of the molecule is COc1ccc([C@@H]2CC(=O)c3ccccc3O2)cc1COc1cc(C)c(Cl)cc1C(C)C. The number of ketones is 1. The Hall–Kier alpha value is -2.98. The van der Waals surface area contributed by atoms with Gasteiger partial charge >= 0.3 is 0 Å². The first-order valence-electron chi connectivity index (χ1n) is 10.8. The predicted molar refractivity (Wildman–Crippen MR) is 126 cm³/mol. The third kappa shape index (κ3) is 4.46. The minimum Gasteiger partial charge on any atom is -0.496 e. The number of aryl methyl sites for hydroxylation is 1. The molecule has 0 spiro atoms. The Morgan fingerprint density at radius 2 is 1.88 bits per heavy atom. The topological polar surface area (TPSA) is 44.8 Å². The molecule has 0 amide bonds. The molecule has 4 nitrogen and oxygen atoms in total. The molecule has 4 rings (SSSR count). The van der Waals surface area contributed by atoms with Crippen LogP contribution in [-0.2, 0) is 6.61 Å². The monoisotopic (exact) mass is 450 g/mol. The third-order valence-electron chi connectivity index (χ3n) is 5.80. The number of ether oxygens (including phenoxy) is 3. The van der Waals surface area contributed by atoms with Crippen LogP contribution in [0.3, 0.4) is 0 Å². The van der Waals surface area contributed by atoms with Crippen molar-refractivity contribution in [3.63, 3.8) is 0 Å². The van der Waals surface area contributed by atoms with E-state index >= 15 is 0 Å². The maximum absolute atomic E-state index is 12.6. The Balaban J connectivity index is 1.60. The van der Waals surface area contributed by atoms with Crippen molar-refractivity contribution in [2.24, 2.45) is 0 Å². The molecule has 1 atom stereocenters. The smallest absolute Gasteiger partial charge is 0.170 e. The fourth-order valence-corrected chi connectivity index (χ4v) is 4.14. The van der Waals surface area contributed by atoms with Crippen LogP contribution in [0.4, 0.5) is 0 Å². The van der Waals surface area contributed by atoms with Gasteiger partial charge in [0.1, 0.15) is 30.0 Å². The molecule has 0 bridgehead atoms. The molecular weight excluding hydrogens is 424 g/mol. The second kappa shape index (κ2) is 9.25. The van der Waals surface area contributed by atoms with Crippen molar-refractivity contribution in [1.82, 2.24) is 0 Å². The Morgan fingerprint density at radius 1 is 1.09 bits per heavy atom. The summed E-state index contributed by atoms with van der Waals surface area (Å²) in [6, 6.07) is 17.2. The third-order valence-corrected chi connectivity index (χ3v) is 6.21. The number of carbonyl (C=O) groups is 1. The molecule has 0 unspecified atom stereocenters. The standard InChI is InChI=1S/C27H27ClO4/c1-16(2)21-13-22(28)17(3)11-27(21)31-15-19-12-18(9-10-24(19)30-4)26-14-23(29)20-7-5-6-8-25(20)32-26/h5-13,16,26H,14-15H2,1-4H3/t26-/m0/s1. The fraction of sp³-hybridized carbons (Fsp3) is 0.296. The highest BCUT2D eigenvalue weighted by Crippen LogP contribution is 2.37. The summed E-state index contributed by atoms with van der Waals surface area (Å²) in [7, 11) is 1.64. The minimum atomic E-state index is -0.342. The molecule has 0 aromatic heterocycles. The van der Waals surface area contributed by atoms with Gasteiger partial charge in [-0.3, -0.25) is 4.79 Å². The van der Waals surface area contributed by atoms with Crippen LogP contribution in [0.5, 0.6) is 17.2 Å². The summed E-state index contributed by atoms with van der Waals surface area (Å²) in [4.78, 5) is 12.6. The lowest BCUT2D eigenvalue weighted by Gasteiger charge is -2.26. The van der Waals surface area contributed by atoms with Crippen molar-refractivity contribution in [2.75, 3.05) is 7.11 Å². The molecule has 0 aliphatic carbocycles. The highest BCUT2D eigenvalue weighted by molar-refractivity contribution is 6.31. The molecule has 1 aliphatic rings. The second-order valence-corrected chi connectivity index (χ2v) is 8.79. The molecule has 0 saturated heterocycles. The average molecular weight is 451 g/mol. The van der Waals surface area contributed by atoms with Crippen LogP contribution < -0.4 is 14.2 Å². The molecule has 1 aliphatic heterocycles. The second-order valence-electron chi connectivity index (χ2n) is 8.38. The first-order valence-corrected chi connectivity index (χ1v) is 11.1. The van der Waals surface area contributed by atoms with Crippen molar-refractivity contribution >= 4 is 17.4 Å². The van der Waals surface area contributed by atoms with E-state index in [1.54, 1.807) is 7.11 Å². The lowest BCUT2D eigenvalue weighted by Crippen LogP contribution is -2.20. The Labute approximate surface area is 194 Å². The fourth-order valence-electron chi connectivity index (χ4n) is 3.97. The zero-order valence-corrected chi connectivity index (χ0v) is 19.5. The van der Waals surface area contributed by atoms with E-state index in [2.05, 4.69) is 13.8 Å². The number of benzene rings is 3. The highest BCUT2D eigenvalue weighted by Gasteiger charge is 2.28. The van der Waals surface area contributed by atoms with Crippen molar-refractivity contribution in [1.29, 1.82) is 0 Å². The van der Waals surface area contributed by atoms with E-state index < -0.39 is 0 Å².